The van der Waals surface area contributed by atoms with E-state index in [1.807, 2.05) is 0 Å². The van der Waals surface area contributed by atoms with Crippen LogP contribution in [0.4, 0.5) is 0 Å². The van der Waals surface area contributed by atoms with Crippen LogP contribution in [-0.4, -0.2) is 6.29 Å². The van der Waals surface area contributed by atoms with Crippen LogP contribution in [0.15, 0.2) is 0 Å². The van der Waals surface area contributed by atoms with Gasteiger partial charge in [-0.25, -0.2) is 0 Å². The highest BCUT2D eigenvalue weighted by atomic mass is 16.1. The SMILES string of the molecule is CC(CCC1(C=O)CCCCC1)C1CCCCC1. The summed E-state index contributed by atoms with van der Waals surface area (Å²) in [6.07, 6.45) is 17.2. The van der Waals surface area contributed by atoms with E-state index in [2.05, 4.69) is 6.92 Å². The van der Waals surface area contributed by atoms with Crippen LogP contribution in [-0.2, 0) is 4.79 Å². The molecule has 0 aliphatic heterocycles. The van der Waals surface area contributed by atoms with Crippen molar-refractivity contribution in [1.82, 2.24) is 0 Å². The lowest BCUT2D eigenvalue weighted by Gasteiger charge is -2.35. The van der Waals surface area contributed by atoms with E-state index < -0.39 is 0 Å². The molecular weight excluding hydrogens is 220 g/mol. The van der Waals surface area contributed by atoms with Gasteiger partial charge in [0.25, 0.3) is 0 Å². The Hall–Kier alpha value is -0.330. The van der Waals surface area contributed by atoms with E-state index in [4.69, 9.17) is 0 Å². The second-order valence-corrected chi connectivity index (χ2v) is 6.95. The summed E-state index contributed by atoms with van der Waals surface area (Å²) in [6.45, 7) is 2.43. The Bertz CT molecular complexity index is 246. The van der Waals surface area contributed by atoms with Gasteiger partial charge >= 0.3 is 0 Å². The van der Waals surface area contributed by atoms with E-state index in [0.29, 0.717) is 0 Å². The number of carbonyl (C=O) groups is 1. The van der Waals surface area contributed by atoms with Crippen LogP contribution < -0.4 is 0 Å². The van der Waals surface area contributed by atoms with E-state index in [1.54, 1.807) is 0 Å². The molecule has 0 saturated heterocycles. The van der Waals surface area contributed by atoms with Crippen molar-refractivity contribution in [3.8, 4) is 0 Å². The zero-order valence-electron chi connectivity index (χ0n) is 12.1. The second kappa shape index (κ2) is 6.73. The molecule has 0 N–H and O–H groups in total. The third kappa shape index (κ3) is 3.59. The molecule has 1 atom stereocenters. The van der Waals surface area contributed by atoms with Crippen molar-refractivity contribution in [1.29, 1.82) is 0 Å². The molecule has 0 spiro atoms. The molecule has 0 aromatic rings. The Morgan fingerprint density at radius 1 is 1.06 bits per heavy atom. The molecule has 1 unspecified atom stereocenters. The highest BCUT2D eigenvalue weighted by Gasteiger charge is 2.32. The number of hydrogen-bond acceptors (Lipinski definition) is 1. The third-order valence-corrected chi connectivity index (χ3v) is 5.65. The van der Waals surface area contributed by atoms with Crippen LogP contribution in [0.25, 0.3) is 0 Å². The fourth-order valence-electron chi connectivity index (χ4n) is 4.14. The Labute approximate surface area is 113 Å². The molecule has 2 saturated carbocycles. The lowest BCUT2D eigenvalue weighted by Crippen LogP contribution is -2.27. The fourth-order valence-corrected chi connectivity index (χ4v) is 4.14. The second-order valence-electron chi connectivity index (χ2n) is 6.95. The van der Waals surface area contributed by atoms with Crippen molar-refractivity contribution in [2.75, 3.05) is 0 Å². The van der Waals surface area contributed by atoms with Crippen molar-refractivity contribution in [3.63, 3.8) is 0 Å². The van der Waals surface area contributed by atoms with Gasteiger partial charge in [0.2, 0.25) is 0 Å². The lowest BCUT2D eigenvalue weighted by atomic mass is 9.69. The van der Waals surface area contributed by atoms with E-state index in [9.17, 15) is 4.79 Å². The number of rotatable bonds is 5. The van der Waals surface area contributed by atoms with Gasteiger partial charge in [-0.3, -0.25) is 0 Å². The van der Waals surface area contributed by atoms with E-state index >= 15 is 0 Å². The van der Waals surface area contributed by atoms with Crippen molar-refractivity contribution in [3.05, 3.63) is 0 Å². The Balaban J connectivity index is 1.79. The Morgan fingerprint density at radius 3 is 2.28 bits per heavy atom. The van der Waals surface area contributed by atoms with Crippen molar-refractivity contribution >= 4 is 6.29 Å². The molecule has 0 radical (unpaired) electrons. The van der Waals surface area contributed by atoms with E-state index in [-0.39, 0.29) is 5.41 Å². The normalized spacial score (nSPS) is 26.7. The molecular formula is C17H30O. The van der Waals surface area contributed by atoms with Gasteiger partial charge in [0.15, 0.2) is 0 Å². The topological polar surface area (TPSA) is 17.1 Å². The van der Waals surface area contributed by atoms with Gasteiger partial charge < -0.3 is 4.79 Å². The zero-order chi connectivity index (χ0) is 12.8. The molecule has 0 aromatic carbocycles. The van der Waals surface area contributed by atoms with Gasteiger partial charge in [-0.05, 0) is 37.5 Å². The first-order valence-electron chi connectivity index (χ1n) is 8.22. The summed E-state index contributed by atoms with van der Waals surface area (Å²) >= 11 is 0. The van der Waals surface area contributed by atoms with Crippen molar-refractivity contribution in [2.45, 2.75) is 84.0 Å². The maximum Gasteiger partial charge on any atom is 0.126 e. The van der Waals surface area contributed by atoms with Gasteiger partial charge in [0.1, 0.15) is 6.29 Å². The monoisotopic (exact) mass is 250 g/mol. The quantitative estimate of drug-likeness (QED) is 0.618. The van der Waals surface area contributed by atoms with Gasteiger partial charge in [0, 0.05) is 5.41 Å². The minimum atomic E-state index is 0.0706. The predicted octanol–water partition coefficient (Wildman–Crippen LogP) is 5.13. The maximum atomic E-state index is 11.5. The Kier molecular flexibility index (Phi) is 5.26. The minimum absolute atomic E-state index is 0.0706. The molecule has 1 heteroatoms. The molecule has 104 valence electrons. The van der Waals surface area contributed by atoms with Gasteiger partial charge in [-0.2, -0.15) is 0 Å². The van der Waals surface area contributed by atoms with Gasteiger partial charge in [0.05, 0.1) is 0 Å². The molecule has 0 amide bonds. The van der Waals surface area contributed by atoms with Crippen LogP contribution in [0.3, 0.4) is 0 Å². The van der Waals surface area contributed by atoms with Crippen LogP contribution in [0.2, 0.25) is 0 Å². The van der Waals surface area contributed by atoms with Crippen LogP contribution >= 0.6 is 0 Å². The predicted molar refractivity (Wildman–Crippen MR) is 76.6 cm³/mol. The summed E-state index contributed by atoms with van der Waals surface area (Å²) in [7, 11) is 0. The first-order valence-corrected chi connectivity index (χ1v) is 8.22. The Morgan fingerprint density at radius 2 is 1.67 bits per heavy atom. The summed E-state index contributed by atoms with van der Waals surface area (Å²) < 4.78 is 0. The molecule has 2 aliphatic rings. The smallest absolute Gasteiger partial charge is 0.126 e. The minimum Gasteiger partial charge on any atom is -0.303 e. The third-order valence-electron chi connectivity index (χ3n) is 5.65. The zero-order valence-corrected chi connectivity index (χ0v) is 12.1. The lowest BCUT2D eigenvalue weighted by molar-refractivity contribution is -0.118. The van der Waals surface area contributed by atoms with Crippen molar-refractivity contribution < 1.29 is 4.79 Å². The van der Waals surface area contributed by atoms with Crippen molar-refractivity contribution in [2.24, 2.45) is 17.3 Å². The molecule has 2 fully saturated rings. The highest BCUT2D eigenvalue weighted by Crippen LogP contribution is 2.41. The standard InChI is InChI=1S/C17H30O/c1-15(16-8-4-2-5-9-16)10-13-17(14-18)11-6-3-7-12-17/h14-16H,2-13H2,1H3. The van der Waals surface area contributed by atoms with Crippen LogP contribution in [0.5, 0.6) is 0 Å². The number of hydrogen-bond donors (Lipinski definition) is 0. The van der Waals surface area contributed by atoms with E-state index in [1.165, 1.54) is 64.1 Å². The average molecular weight is 250 g/mol. The number of carbonyl (C=O) groups excluding carboxylic acids is 1. The highest BCUT2D eigenvalue weighted by molar-refractivity contribution is 5.59. The maximum absolute atomic E-state index is 11.5. The number of aldehydes is 1. The molecule has 0 aromatic heterocycles. The molecule has 1 nitrogen and oxygen atoms in total. The first-order chi connectivity index (χ1) is 8.76. The largest absolute Gasteiger partial charge is 0.303 e. The molecule has 0 heterocycles. The summed E-state index contributed by atoms with van der Waals surface area (Å²) in [6, 6.07) is 0. The molecule has 0 bridgehead atoms. The summed E-state index contributed by atoms with van der Waals surface area (Å²) in [5.74, 6) is 1.79. The molecule has 2 rings (SSSR count). The first kappa shape index (κ1) is 14.1. The van der Waals surface area contributed by atoms with E-state index in [0.717, 1.165) is 31.1 Å². The summed E-state index contributed by atoms with van der Waals surface area (Å²) in [5, 5.41) is 0. The summed E-state index contributed by atoms with van der Waals surface area (Å²) in [4.78, 5) is 11.5. The molecule has 2 aliphatic carbocycles. The average Bonchev–Trinajstić information content (AvgIpc) is 2.47. The molecule has 18 heavy (non-hydrogen) atoms. The summed E-state index contributed by atoms with van der Waals surface area (Å²) in [5.41, 5.74) is 0.0706. The fraction of sp³-hybridized carbons (Fsp3) is 0.941. The van der Waals surface area contributed by atoms with Gasteiger partial charge in [-0.1, -0.05) is 58.3 Å². The van der Waals surface area contributed by atoms with Gasteiger partial charge in [-0.15, -0.1) is 0 Å². The van der Waals surface area contributed by atoms with Crippen LogP contribution in [0, 0.1) is 17.3 Å². The van der Waals surface area contributed by atoms with Crippen LogP contribution in [0.1, 0.15) is 84.0 Å².